The fourth-order valence-electron chi connectivity index (χ4n) is 25.3. The summed E-state index contributed by atoms with van der Waals surface area (Å²) in [4.78, 5) is 17.8. The molecule has 20 atom stereocenters. The highest BCUT2D eigenvalue weighted by atomic mass is 16.5. The van der Waals surface area contributed by atoms with Gasteiger partial charge in [0.1, 0.15) is 11.2 Å². The number of Topliss-reactive ketones (excluding diaryl/α,β-unsaturated/α-hetero) is 1. The summed E-state index contributed by atoms with van der Waals surface area (Å²) in [5.74, 6) is 11.8. The maximum Gasteiger partial charge on any atom is 0.160 e. The number of rotatable bonds is 5. The minimum Gasteiger partial charge on any atom is -0.504 e. The summed E-state index contributed by atoms with van der Waals surface area (Å²) in [5, 5.41) is 94.3. The molecular weight excluding hydrogens is 1090 g/mol. The van der Waals surface area contributed by atoms with E-state index in [0.29, 0.717) is 62.0 Å². The number of carbonyl (C=O) groups is 1. The van der Waals surface area contributed by atoms with Gasteiger partial charge in [0.15, 0.2) is 23.0 Å². The lowest BCUT2D eigenvalue weighted by Crippen LogP contribution is -2.87. The molecule has 6 fully saturated rings. The van der Waals surface area contributed by atoms with Crippen molar-refractivity contribution < 1.29 is 45.3 Å². The van der Waals surface area contributed by atoms with Crippen LogP contribution in [-0.4, -0.2) is 78.0 Å². The van der Waals surface area contributed by atoms with E-state index < -0.39 is 87.7 Å². The lowest BCUT2D eigenvalue weighted by molar-refractivity contribution is -0.262. The summed E-state index contributed by atoms with van der Waals surface area (Å²) >= 11 is 0. The Kier molecular flexibility index (Phi) is 10.8. The molecule has 10 heteroatoms. The van der Waals surface area contributed by atoms with Gasteiger partial charge in [-0.05, 0) is 203 Å². The molecule has 5 saturated carbocycles. The van der Waals surface area contributed by atoms with Gasteiger partial charge in [-0.3, -0.25) is 4.79 Å². The maximum absolute atomic E-state index is 17.8. The first-order chi connectivity index (χ1) is 42.6. The average Bonchev–Trinajstić information content (AvgIpc) is 0.769. The summed E-state index contributed by atoms with van der Waals surface area (Å²) in [5.41, 5.74) is 6.84. The molecule has 17 aliphatic rings. The molecular formula is C78H79NO9. The topological polar surface area (TPSA) is 180 Å². The molecule has 0 amide bonds. The second-order valence-electron chi connectivity index (χ2n) is 31.0. The minimum absolute atomic E-state index is 0.000685. The van der Waals surface area contributed by atoms with Crippen LogP contribution < -0.4 is 10.1 Å². The highest BCUT2D eigenvalue weighted by Crippen LogP contribution is 2.86. The van der Waals surface area contributed by atoms with Crippen molar-refractivity contribution in [1.29, 1.82) is 0 Å². The van der Waals surface area contributed by atoms with Gasteiger partial charge < -0.3 is 45.8 Å². The lowest BCUT2D eigenvalue weighted by atomic mass is 9.23. The van der Waals surface area contributed by atoms with E-state index in [1.165, 1.54) is 23.8 Å². The normalized spacial score (nSPS) is 43.5. The van der Waals surface area contributed by atoms with Crippen LogP contribution in [0.1, 0.15) is 171 Å². The zero-order valence-electron chi connectivity index (χ0n) is 50.2. The Balaban J connectivity index is 0.981. The smallest absolute Gasteiger partial charge is 0.160 e. The molecule has 0 aromatic heterocycles. The highest BCUT2D eigenvalue weighted by Gasteiger charge is 2.84. The molecule has 1 heterocycles. The van der Waals surface area contributed by atoms with E-state index in [-0.39, 0.29) is 69.7 Å². The number of methoxy groups -OCH3 is 1. The number of piperidine rings is 1. The van der Waals surface area contributed by atoms with Crippen molar-refractivity contribution in [2.45, 2.75) is 186 Å². The Morgan fingerprint density at radius 3 is 2.50 bits per heavy atom. The molecule has 88 heavy (non-hydrogen) atoms. The number of benzene rings is 4. The molecule has 1 aliphatic heterocycles. The minimum atomic E-state index is -1.76. The van der Waals surface area contributed by atoms with Gasteiger partial charge in [-0.1, -0.05) is 115 Å². The second kappa shape index (κ2) is 17.8. The number of phenols is 3. The van der Waals surface area contributed by atoms with Gasteiger partial charge in [-0.2, -0.15) is 0 Å². The first-order valence-corrected chi connectivity index (χ1v) is 33.6. The monoisotopic (exact) mass is 1170 g/mol. The van der Waals surface area contributed by atoms with Crippen molar-refractivity contribution in [3.05, 3.63) is 164 Å². The van der Waals surface area contributed by atoms with E-state index in [1.54, 1.807) is 12.1 Å². The molecule has 8 N–H and O–H groups in total. The summed E-state index contributed by atoms with van der Waals surface area (Å²) < 4.78 is 5.87. The third kappa shape index (κ3) is 6.34. The molecule has 16 aliphatic carbocycles. The van der Waals surface area contributed by atoms with Crippen LogP contribution in [-0.2, 0) is 40.5 Å². The third-order valence-electron chi connectivity index (χ3n) is 28.1. The van der Waals surface area contributed by atoms with Crippen molar-refractivity contribution in [1.82, 2.24) is 5.32 Å². The zero-order chi connectivity index (χ0) is 59.4. The molecule has 1 saturated heterocycles. The molecule has 0 unspecified atom stereocenters. The van der Waals surface area contributed by atoms with Gasteiger partial charge in [-0.25, -0.2) is 0 Å². The second-order valence-corrected chi connectivity index (χ2v) is 31.0. The number of nitrogens with one attached hydrogen (secondary N) is 1. The van der Waals surface area contributed by atoms with Crippen LogP contribution in [0.5, 0.6) is 23.0 Å². The van der Waals surface area contributed by atoms with E-state index in [1.807, 2.05) is 30.3 Å². The number of fused-ring (bicyclic) bond motifs is 6. The van der Waals surface area contributed by atoms with Crippen LogP contribution in [0.25, 0.3) is 0 Å². The lowest BCUT2D eigenvalue weighted by Gasteiger charge is -2.82. The van der Waals surface area contributed by atoms with E-state index in [4.69, 9.17) is 4.74 Å². The fraction of sp³-hybridized carbons (Fsp3) is 0.526. The molecule has 4 aromatic rings. The zero-order valence-corrected chi connectivity index (χ0v) is 50.2. The first kappa shape index (κ1) is 53.5. The van der Waals surface area contributed by atoms with Gasteiger partial charge >= 0.3 is 0 Å². The van der Waals surface area contributed by atoms with Crippen molar-refractivity contribution in [3.8, 4) is 46.7 Å². The van der Waals surface area contributed by atoms with E-state index in [2.05, 4.69) is 83.6 Å². The molecule has 4 aromatic carbocycles. The summed E-state index contributed by atoms with van der Waals surface area (Å²) in [7, 11) is 1.52. The molecule has 19 bridgehead atoms. The number of ketones is 1. The number of ether oxygens (including phenoxy) is 1. The van der Waals surface area contributed by atoms with E-state index >= 15 is 9.90 Å². The predicted octanol–water partition coefficient (Wildman–Crippen LogP) is 10.9. The van der Waals surface area contributed by atoms with Gasteiger partial charge in [0.2, 0.25) is 0 Å². The Labute approximate surface area is 515 Å². The number of aromatic hydroxyl groups is 3. The third-order valence-corrected chi connectivity index (χ3v) is 28.1. The summed E-state index contributed by atoms with van der Waals surface area (Å²) in [6.07, 6.45) is 23.6. The van der Waals surface area contributed by atoms with Gasteiger partial charge in [0, 0.05) is 70.8 Å². The van der Waals surface area contributed by atoms with Crippen molar-refractivity contribution >= 4 is 5.78 Å². The number of aliphatic hydroxyl groups is 4. The van der Waals surface area contributed by atoms with Crippen molar-refractivity contribution in [2.75, 3.05) is 7.11 Å². The largest absolute Gasteiger partial charge is 0.504 e. The molecule has 21 rings (SSSR count). The first-order valence-electron chi connectivity index (χ1n) is 33.6. The number of carbonyl (C=O) groups excluding carboxylic acids is 1. The number of phenolic OH excluding ortho intramolecular Hbond substituents is 3. The number of hydrogen-bond acceptors (Lipinski definition) is 10. The van der Waals surface area contributed by atoms with Gasteiger partial charge in [0.05, 0.1) is 37.4 Å². The number of allylic oxidation sites excluding steroid dienone is 6. The number of aliphatic hydroxyl groups excluding tert-OH is 3. The SMILES string of the molecule is COc1cc([C@@H]2CC(=O)[C@H]3[C@@H]4C=C[C@@]56C#CC[C@@H]7N[C@]89CC[C@@]3(O)[C@H]([C@H]7C#C[C@@H]2Cc2ccccc2)[C@]82c3cc(O)c(O)cc3[C@H]3C[C@@H]2[C@@]27C[C@@]38CCC[C@@H]8C=C2[C@@H]2C[C@H](O)C(=CC2=C[C@H]7C9)Cc2cc4c5c(c2)C2(CCCC2)C[C@@H]6O)c(CO)cc1O. The fourth-order valence-corrected chi connectivity index (χ4v) is 25.3. The molecule has 10 nitrogen and oxygen atoms in total. The Bertz CT molecular complexity index is 4070. The van der Waals surface area contributed by atoms with Crippen LogP contribution in [0.15, 0.2) is 114 Å². The Morgan fingerprint density at radius 1 is 0.830 bits per heavy atom. The van der Waals surface area contributed by atoms with E-state index in [9.17, 15) is 30.6 Å². The van der Waals surface area contributed by atoms with E-state index in [0.717, 1.165) is 103 Å². The summed E-state index contributed by atoms with van der Waals surface area (Å²) in [6.45, 7) is -0.402. The Hall–Kier alpha value is -6.37. The molecule has 0 radical (unpaired) electrons. The van der Waals surface area contributed by atoms with Crippen molar-refractivity contribution in [3.63, 3.8) is 0 Å². The average molecular weight is 1170 g/mol. The van der Waals surface area contributed by atoms with Crippen LogP contribution in [0.4, 0.5) is 0 Å². The molecule has 6 spiro atoms. The van der Waals surface area contributed by atoms with Crippen LogP contribution in [0.3, 0.4) is 0 Å². The highest BCUT2D eigenvalue weighted by molar-refractivity contribution is 5.86. The van der Waals surface area contributed by atoms with Crippen LogP contribution in [0, 0.1) is 81.9 Å². The predicted molar refractivity (Wildman–Crippen MR) is 331 cm³/mol. The quantitative estimate of drug-likeness (QED) is 0.0545. The van der Waals surface area contributed by atoms with Crippen LogP contribution >= 0.6 is 0 Å². The van der Waals surface area contributed by atoms with Crippen molar-refractivity contribution in [2.24, 2.45) is 58.2 Å². The Morgan fingerprint density at radius 2 is 1.67 bits per heavy atom. The van der Waals surface area contributed by atoms with Gasteiger partial charge in [-0.15, -0.1) is 5.92 Å². The van der Waals surface area contributed by atoms with Gasteiger partial charge in [0.25, 0.3) is 0 Å². The maximum atomic E-state index is 17.8. The summed E-state index contributed by atoms with van der Waals surface area (Å²) in [6, 6.07) is 21.8. The van der Waals surface area contributed by atoms with Crippen LogP contribution in [0.2, 0.25) is 0 Å². The standard InChI is InChI=1S/C78H79NO9/c1-88-66-34-52(46(39-80)29-64(66)84)51-31-65(85)70-49-15-20-73-18-8-12-60-50(14-13-43(51)23-41-9-3-2-4-10-41)71-77(70,87)22-21-75(79-60)37-48-28-44-27-45(24-42-25-54(49)69(73)59(26-42)72(38-68(73)86)16-5-6-17-72)61(81)32-53(44)57-30-47-11-7-19-74(47)40-76(48,57)67-36-56(74)55-33-62(82)63(83)35-58(55)78(67,71)75/h2-4,9-10,15,20,25-30,33-35,43,47-51,53,56,60-61,67-68,70-71,79-84,86-87H,5-7,11-12,16-17,19,21-24,31-32,36-40H2,1H3/t43-,47-,48+,49-,50+,51-,53-,56-,60+,61+,67-,68+,70-,71+,73-,74-,75+,76-,77+,78-/m1/s1. The number of hydrogen-bond donors (Lipinski definition) is 8. The molecule has 450 valence electrons.